The van der Waals surface area contributed by atoms with Crippen molar-refractivity contribution in [2.45, 2.75) is 281 Å². The molecule has 14 heteroatoms. The fraction of sp³-hybridized carbons (Fsp3) is 0.885. The highest BCUT2D eigenvalue weighted by atomic mass is 31.2. The van der Waals surface area contributed by atoms with E-state index in [4.69, 9.17) is 18.5 Å². The number of carbonyl (C=O) groups excluding carboxylic acids is 2. The van der Waals surface area contributed by atoms with Crippen molar-refractivity contribution in [3.8, 4) is 0 Å². The van der Waals surface area contributed by atoms with E-state index in [9.17, 15) is 44.6 Å². The summed E-state index contributed by atoms with van der Waals surface area (Å²) < 4.78 is 33.6. The summed E-state index contributed by atoms with van der Waals surface area (Å²) in [6.07, 6.45) is 35.3. The van der Waals surface area contributed by atoms with Crippen LogP contribution in [0.1, 0.15) is 239 Å². The van der Waals surface area contributed by atoms with Crippen LogP contribution in [0.15, 0.2) is 24.3 Å². The molecule has 388 valence electrons. The fourth-order valence-corrected chi connectivity index (χ4v) is 9.20. The SMILES string of the molecule is CCCCCCC/C=C/CCCCCCCC(=O)OC[C@H](COP(=O)(O)OC1C(O)C(O)C(O)[C@@H](O)C1O)OC(=O)CCC/C=C/CCCCCCCCCCCCCCCCCCCC. The number of phosphoric acid groups is 1. The van der Waals surface area contributed by atoms with E-state index in [0.717, 1.165) is 51.4 Å². The van der Waals surface area contributed by atoms with Crippen molar-refractivity contribution in [1.82, 2.24) is 0 Å². The molecule has 0 aromatic heterocycles. The van der Waals surface area contributed by atoms with Crippen molar-refractivity contribution in [1.29, 1.82) is 0 Å². The van der Waals surface area contributed by atoms with Crippen molar-refractivity contribution in [2.24, 2.45) is 0 Å². The Labute approximate surface area is 400 Å². The normalized spacial score (nSPS) is 21.4. The molecule has 0 aromatic rings. The summed E-state index contributed by atoms with van der Waals surface area (Å²) in [5.74, 6) is -1.14. The summed E-state index contributed by atoms with van der Waals surface area (Å²) >= 11 is 0. The number of aliphatic hydroxyl groups is 5. The molecule has 8 atom stereocenters. The van der Waals surface area contributed by atoms with E-state index in [1.807, 2.05) is 0 Å². The van der Waals surface area contributed by atoms with Gasteiger partial charge in [-0.15, -0.1) is 0 Å². The van der Waals surface area contributed by atoms with E-state index >= 15 is 0 Å². The first-order valence-electron chi connectivity index (χ1n) is 26.6. The van der Waals surface area contributed by atoms with Crippen LogP contribution in [0.4, 0.5) is 0 Å². The van der Waals surface area contributed by atoms with Gasteiger partial charge in [-0.2, -0.15) is 0 Å². The monoisotopic (exact) mass is 961 g/mol. The Hall–Kier alpha value is -1.67. The first-order valence-corrected chi connectivity index (χ1v) is 28.1. The number of rotatable bonds is 45. The van der Waals surface area contributed by atoms with Gasteiger partial charge in [0.1, 0.15) is 43.2 Å². The third-order valence-corrected chi connectivity index (χ3v) is 13.5. The number of ether oxygens (including phenoxy) is 2. The number of allylic oxidation sites excluding steroid dienone is 4. The van der Waals surface area contributed by atoms with E-state index < -0.39 is 75.7 Å². The zero-order chi connectivity index (χ0) is 48.5. The molecule has 6 N–H and O–H groups in total. The Kier molecular flexibility index (Phi) is 39.9. The van der Waals surface area contributed by atoms with Crippen molar-refractivity contribution in [3.63, 3.8) is 0 Å². The van der Waals surface area contributed by atoms with E-state index in [-0.39, 0.29) is 12.8 Å². The maximum absolute atomic E-state index is 12.8. The van der Waals surface area contributed by atoms with Crippen LogP contribution in [0.5, 0.6) is 0 Å². The van der Waals surface area contributed by atoms with Crippen LogP contribution < -0.4 is 0 Å². The second-order valence-electron chi connectivity index (χ2n) is 18.7. The van der Waals surface area contributed by atoms with Crippen LogP contribution in [-0.2, 0) is 32.7 Å². The van der Waals surface area contributed by atoms with Gasteiger partial charge >= 0.3 is 19.8 Å². The molecule has 66 heavy (non-hydrogen) atoms. The Morgan fingerprint density at radius 1 is 0.455 bits per heavy atom. The summed E-state index contributed by atoms with van der Waals surface area (Å²) in [5, 5.41) is 50.3. The summed E-state index contributed by atoms with van der Waals surface area (Å²) in [4.78, 5) is 35.8. The molecule has 13 nitrogen and oxygen atoms in total. The molecule has 0 spiro atoms. The minimum atomic E-state index is -5.13. The van der Waals surface area contributed by atoms with E-state index in [1.54, 1.807) is 0 Å². The molecule has 0 radical (unpaired) electrons. The second-order valence-corrected chi connectivity index (χ2v) is 20.1. The molecule has 1 aliphatic carbocycles. The zero-order valence-electron chi connectivity index (χ0n) is 41.5. The molecule has 0 aromatic carbocycles. The molecule has 6 unspecified atom stereocenters. The van der Waals surface area contributed by atoms with Gasteiger partial charge in [0.2, 0.25) is 0 Å². The Bertz CT molecular complexity index is 1250. The maximum atomic E-state index is 12.8. The minimum absolute atomic E-state index is 0.0503. The quantitative estimate of drug-likeness (QED) is 0.0145. The van der Waals surface area contributed by atoms with Crippen LogP contribution in [0.2, 0.25) is 0 Å². The lowest BCUT2D eigenvalue weighted by atomic mass is 9.85. The highest BCUT2D eigenvalue weighted by Crippen LogP contribution is 2.47. The van der Waals surface area contributed by atoms with Crippen molar-refractivity contribution in [3.05, 3.63) is 24.3 Å². The number of hydrogen-bond acceptors (Lipinski definition) is 12. The summed E-state index contributed by atoms with van der Waals surface area (Å²) in [6.45, 7) is 3.30. The van der Waals surface area contributed by atoms with Gasteiger partial charge in [0, 0.05) is 12.8 Å². The summed E-state index contributed by atoms with van der Waals surface area (Å²) in [7, 11) is -5.13. The van der Waals surface area contributed by atoms with Crippen LogP contribution in [0.3, 0.4) is 0 Å². The number of phosphoric ester groups is 1. The number of aliphatic hydroxyl groups excluding tert-OH is 5. The number of carbonyl (C=O) groups is 2. The van der Waals surface area contributed by atoms with E-state index in [2.05, 4.69) is 38.2 Å². The predicted molar refractivity (Wildman–Crippen MR) is 263 cm³/mol. The van der Waals surface area contributed by atoms with Gasteiger partial charge in [-0.25, -0.2) is 4.57 Å². The molecule has 1 rings (SSSR count). The lowest BCUT2D eigenvalue weighted by Gasteiger charge is -2.41. The fourth-order valence-electron chi connectivity index (χ4n) is 8.23. The first-order chi connectivity index (χ1) is 31.9. The van der Waals surface area contributed by atoms with Gasteiger partial charge in [0.15, 0.2) is 6.10 Å². The molecule has 1 aliphatic rings. The van der Waals surface area contributed by atoms with Crippen LogP contribution >= 0.6 is 7.82 Å². The molecular formula is C52H97O13P. The summed E-state index contributed by atoms with van der Waals surface area (Å²) in [5.41, 5.74) is 0. The van der Waals surface area contributed by atoms with E-state index in [1.165, 1.54) is 141 Å². The Morgan fingerprint density at radius 3 is 1.20 bits per heavy atom. The highest BCUT2D eigenvalue weighted by Gasteiger charge is 2.51. The molecule has 1 saturated carbocycles. The third kappa shape index (κ3) is 33.8. The maximum Gasteiger partial charge on any atom is 0.472 e. The zero-order valence-corrected chi connectivity index (χ0v) is 42.4. The molecule has 0 aliphatic heterocycles. The van der Waals surface area contributed by atoms with Crippen LogP contribution in [-0.4, -0.2) is 98.3 Å². The lowest BCUT2D eigenvalue weighted by molar-refractivity contribution is -0.220. The first kappa shape index (κ1) is 62.3. The van der Waals surface area contributed by atoms with Gasteiger partial charge in [-0.3, -0.25) is 18.6 Å². The molecular weight excluding hydrogens is 864 g/mol. The Morgan fingerprint density at radius 2 is 0.788 bits per heavy atom. The van der Waals surface area contributed by atoms with Gasteiger partial charge in [0.25, 0.3) is 0 Å². The largest absolute Gasteiger partial charge is 0.472 e. The van der Waals surface area contributed by atoms with Crippen LogP contribution in [0.25, 0.3) is 0 Å². The second kappa shape index (κ2) is 42.2. The standard InChI is InChI=1S/C52H97O13P/c1-3-5-7-9-11-13-15-17-19-20-21-22-23-24-25-26-27-29-31-33-35-37-39-41-46(54)64-44(43-63-66(60,61)65-52-50(58)48(56)47(55)49(57)51(52)59)42-62-45(53)40-38-36-34-32-30-28-18-16-14-12-10-8-6-4-2/h16,18,33,35,44,47-52,55-59H,3-15,17,19-32,34,36-43H2,1-2H3,(H,60,61)/b18-16+,35-33+/t44-,47?,48-,49?,50?,51?,52?/m1/s1. The third-order valence-electron chi connectivity index (χ3n) is 12.5. The molecule has 0 heterocycles. The lowest BCUT2D eigenvalue weighted by Crippen LogP contribution is -2.64. The van der Waals surface area contributed by atoms with E-state index in [0.29, 0.717) is 19.3 Å². The Balaban J connectivity index is 2.37. The van der Waals surface area contributed by atoms with Gasteiger partial charge in [-0.05, 0) is 57.8 Å². The number of unbranched alkanes of at least 4 members (excludes halogenated alkanes) is 29. The van der Waals surface area contributed by atoms with Crippen molar-refractivity contribution < 1.29 is 63.1 Å². The average Bonchev–Trinajstić information content (AvgIpc) is 3.30. The molecule has 0 bridgehead atoms. The van der Waals surface area contributed by atoms with Gasteiger partial charge in [0.05, 0.1) is 6.61 Å². The predicted octanol–water partition coefficient (Wildman–Crippen LogP) is 11.6. The van der Waals surface area contributed by atoms with Gasteiger partial charge < -0.3 is 39.9 Å². The van der Waals surface area contributed by atoms with Crippen molar-refractivity contribution >= 4 is 19.8 Å². The number of esters is 2. The van der Waals surface area contributed by atoms with Crippen molar-refractivity contribution in [2.75, 3.05) is 13.2 Å². The average molecular weight is 961 g/mol. The number of hydrogen-bond donors (Lipinski definition) is 6. The summed E-state index contributed by atoms with van der Waals surface area (Å²) in [6, 6.07) is 0. The highest BCUT2D eigenvalue weighted by molar-refractivity contribution is 7.47. The van der Waals surface area contributed by atoms with Gasteiger partial charge in [-0.1, -0.05) is 192 Å². The smallest absolute Gasteiger partial charge is 0.462 e. The molecule has 0 saturated heterocycles. The molecule has 1 fully saturated rings. The molecule has 0 amide bonds. The topological polar surface area (TPSA) is 210 Å². The minimum Gasteiger partial charge on any atom is -0.462 e. The van der Waals surface area contributed by atoms with Crippen LogP contribution in [0, 0.1) is 0 Å².